The minimum absolute atomic E-state index is 0.0787. The fourth-order valence-corrected chi connectivity index (χ4v) is 2.40. The van der Waals surface area contributed by atoms with Crippen molar-refractivity contribution in [3.63, 3.8) is 0 Å². The molecule has 1 atom stereocenters. The van der Waals surface area contributed by atoms with Crippen LogP contribution in [0.3, 0.4) is 0 Å². The number of rotatable bonds is 2. The van der Waals surface area contributed by atoms with Crippen molar-refractivity contribution in [2.75, 3.05) is 0 Å². The van der Waals surface area contributed by atoms with Gasteiger partial charge < -0.3 is 0 Å². The van der Waals surface area contributed by atoms with Gasteiger partial charge in [-0.1, -0.05) is 20.8 Å². The van der Waals surface area contributed by atoms with Crippen LogP contribution in [0.15, 0.2) is 6.20 Å². The second kappa shape index (κ2) is 3.72. The number of hydrogen-bond acceptors (Lipinski definition) is 2. The van der Waals surface area contributed by atoms with Gasteiger partial charge in [-0.2, -0.15) is 5.10 Å². The summed E-state index contributed by atoms with van der Waals surface area (Å²) < 4.78 is 2.04. The summed E-state index contributed by atoms with van der Waals surface area (Å²) in [6.45, 7) is 8.61. The average molecular weight is 220 g/mol. The highest BCUT2D eigenvalue weighted by molar-refractivity contribution is 5.98. The van der Waals surface area contributed by atoms with Gasteiger partial charge in [0.25, 0.3) is 0 Å². The van der Waals surface area contributed by atoms with Gasteiger partial charge in [-0.05, 0) is 25.2 Å². The van der Waals surface area contributed by atoms with E-state index >= 15 is 0 Å². The van der Waals surface area contributed by atoms with Crippen molar-refractivity contribution in [3.05, 3.63) is 17.5 Å². The average Bonchev–Trinajstić information content (AvgIpc) is 2.58. The Kier molecular flexibility index (Phi) is 2.64. The fraction of sp³-hybridized carbons (Fsp3) is 0.692. The summed E-state index contributed by atoms with van der Waals surface area (Å²) in [6, 6.07) is 0.380. The van der Waals surface area contributed by atoms with Crippen LogP contribution in [0.2, 0.25) is 0 Å². The molecule has 2 rings (SSSR count). The Bertz CT molecular complexity index is 418. The van der Waals surface area contributed by atoms with Crippen LogP contribution in [0.4, 0.5) is 0 Å². The maximum absolute atomic E-state index is 12.0. The maximum atomic E-state index is 12.0. The molecule has 1 aromatic heterocycles. The normalized spacial score (nSPS) is 20.6. The highest BCUT2D eigenvalue weighted by Crippen LogP contribution is 2.35. The molecule has 0 aromatic carbocycles. The lowest BCUT2D eigenvalue weighted by Gasteiger charge is -2.29. The van der Waals surface area contributed by atoms with E-state index < -0.39 is 0 Å². The SMILES string of the molecule is CCC(C)n1ncc2c1CC(C)(C)CC2=O. The van der Waals surface area contributed by atoms with E-state index in [0.717, 1.165) is 24.1 Å². The number of aromatic nitrogens is 2. The van der Waals surface area contributed by atoms with Crippen LogP contribution in [0.5, 0.6) is 0 Å². The first-order valence-electron chi connectivity index (χ1n) is 6.04. The molecular formula is C13H20N2O. The van der Waals surface area contributed by atoms with E-state index in [-0.39, 0.29) is 11.2 Å². The van der Waals surface area contributed by atoms with E-state index in [1.165, 1.54) is 0 Å². The van der Waals surface area contributed by atoms with Gasteiger partial charge in [-0.3, -0.25) is 9.48 Å². The van der Waals surface area contributed by atoms with Crippen molar-refractivity contribution in [2.45, 2.75) is 53.0 Å². The number of hydrogen-bond donors (Lipinski definition) is 0. The van der Waals surface area contributed by atoms with E-state index in [2.05, 4.69) is 32.8 Å². The summed E-state index contributed by atoms with van der Waals surface area (Å²) in [5.74, 6) is 0.251. The predicted octanol–water partition coefficient (Wildman–Crippen LogP) is 3.01. The monoisotopic (exact) mass is 220 g/mol. The quantitative estimate of drug-likeness (QED) is 0.768. The lowest BCUT2D eigenvalue weighted by molar-refractivity contribution is 0.0909. The van der Waals surface area contributed by atoms with Crippen LogP contribution in [-0.4, -0.2) is 15.6 Å². The molecule has 16 heavy (non-hydrogen) atoms. The molecule has 0 saturated heterocycles. The van der Waals surface area contributed by atoms with Crippen molar-refractivity contribution in [2.24, 2.45) is 5.41 Å². The first-order valence-corrected chi connectivity index (χ1v) is 6.04. The minimum atomic E-state index is 0.0787. The molecule has 1 heterocycles. The smallest absolute Gasteiger partial charge is 0.166 e. The molecule has 0 amide bonds. The van der Waals surface area contributed by atoms with Gasteiger partial charge in [0.2, 0.25) is 0 Å². The zero-order valence-corrected chi connectivity index (χ0v) is 10.6. The molecule has 0 N–H and O–H groups in total. The van der Waals surface area contributed by atoms with E-state index in [9.17, 15) is 4.79 Å². The Morgan fingerprint density at radius 3 is 2.81 bits per heavy atom. The molecule has 0 bridgehead atoms. The summed E-state index contributed by atoms with van der Waals surface area (Å²) in [4.78, 5) is 12.0. The van der Waals surface area contributed by atoms with Crippen LogP contribution in [0.1, 0.15) is 62.6 Å². The Hall–Kier alpha value is -1.12. The molecule has 1 aromatic rings. The Balaban J connectivity index is 2.45. The Morgan fingerprint density at radius 1 is 1.50 bits per heavy atom. The van der Waals surface area contributed by atoms with Gasteiger partial charge >= 0.3 is 0 Å². The van der Waals surface area contributed by atoms with E-state index in [0.29, 0.717) is 12.5 Å². The molecule has 1 aliphatic carbocycles. The largest absolute Gasteiger partial charge is 0.294 e. The molecule has 0 saturated carbocycles. The number of fused-ring (bicyclic) bond motifs is 1. The zero-order chi connectivity index (χ0) is 11.9. The summed E-state index contributed by atoms with van der Waals surface area (Å²) in [6.07, 6.45) is 4.40. The third-order valence-electron chi connectivity index (χ3n) is 3.49. The van der Waals surface area contributed by atoms with Crippen LogP contribution in [0, 0.1) is 5.41 Å². The van der Waals surface area contributed by atoms with Crippen molar-refractivity contribution in [1.82, 2.24) is 9.78 Å². The summed E-state index contributed by atoms with van der Waals surface area (Å²) >= 11 is 0. The number of ketones is 1. The highest BCUT2D eigenvalue weighted by atomic mass is 16.1. The standard InChI is InChI=1S/C13H20N2O/c1-5-9(2)15-11-6-13(3,4)7-12(16)10(11)8-14-15/h8-9H,5-7H2,1-4H3. The van der Waals surface area contributed by atoms with E-state index in [4.69, 9.17) is 0 Å². The van der Waals surface area contributed by atoms with Crippen LogP contribution >= 0.6 is 0 Å². The first-order chi connectivity index (χ1) is 7.44. The number of carbonyl (C=O) groups is 1. The summed E-state index contributed by atoms with van der Waals surface area (Å²) in [5.41, 5.74) is 2.06. The minimum Gasteiger partial charge on any atom is -0.294 e. The maximum Gasteiger partial charge on any atom is 0.166 e. The lowest BCUT2D eigenvalue weighted by atomic mass is 9.76. The van der Waals surface area contributed by atoms with Crippen molar-refractivity contribution < 1.29 is 4.79 Å². The molecule has 0 fully saturated rings. The van der Waals surface area contributed by atoms with Gasteiger partial charge in [0.15, 0.2) is 5.78 Å². The van der Waals surface area contributed by atoms with Gasteiger partial charge in [0, 0.05) is 12.5 Å². The highest BCUT2D eigenvalue weighted by Gasteiger charge is 2.34. The molecule has 0 radical (unpaired) electrons. The van der Waals surface area contributed by atoms with Gasteiger partial charge in [0.1, 0.15) is 0 Å². The Morgan fingerprint density at radius 2 is 2.19 bits per heavy atom. The molecule has 3 nitrogen and oxygen atoms in total. The zero-order valence-electron chi connectivity index (χ0n) is 10.6. The molecule has 0 aliphatic heterocycles. The molecule has 0 spiro atoms. The molecule has 1 unspecified atom stereocenters. The topological polar surface area (TPSA) is 34.9 Å². The van der Waals surface area contributed by atoms with E-state index in [1.807, 2.05) is 4.68 Å². The third-order valence-corrected chi connectivity index (χ3v) is 3.49. The summed E-state index contributed by atoms with van der Waals surface area (Å²) in [7, 11) is 0. The first kappa shape index (κ1) is 11.4. The number of nitrogens with zero attached hydrogens (tertiary/aromatic N) is 2. The van der Waals surface area contributed by atoms with Gasteiger partial charge in [-0.15, -0.1) is 0 Å². The number of carbonyl (C=O) groups excluding carboxylic acids is 1. The fourth-order valence-electron chi connectivity index (χ4n) is 2.40. The van der Waals surface area contributed by atoms with Gasteiger partial charge in [0.05, 0.1) is 17.5 Å². The van der Waals surface area contributed by atoms with Crippen LogP contribution in [0.25, 0.3) is 0 Å². The predicted molar refractivity (Wildman–Crippen MR) is 63.7 cm³/mol. The lowest BCUT2D eigenvalue weighted by Crippen LogP contribution is -2.28. The molecular weight excluding hydrogens is 200 g/mol. The Labute approximate surface area is 96.8 Å². The third kappa shape index (κ3) is 1.79. The second-order valence-corrected chi connectivity index (χ2v) is 5.65. The van der Waals surface area contributed by atoms with Crippen molar-refractivity contribution in [3.8, 4) is 0 Å². The molecule has 3 heteroatoms. The van der Waals surface area contributed by atoms with Crippen molar-refractivity contribution >= 4 is 5.78 Å². The van der Waals surface area contributed by atoms with E-state index in [1.54, 1.807) is 6.20 Å². The number of Topliss-reactive ketones (excluding diaryl/α,β-unsaturated/α-hetero) is 1. The van der Waals surface area contributed by atoms with Crippen LogP contribution < -0.4 is 0 Å². The van der Waals surface area contributed by atoms with Gasteiger partial charge in [-0.25, -0.2) is 0 Å². The summed E-state index contributed by atoms with van der Waals surface area (Å²) in [5, 5.41) is 4.38. The molecule has 88 valence electrons. The second-order valence-electron chi connectivity index (χ2n) is 5.65. The molecule has 1 aliphatic rings. The van der Waals surface area contributed by atoms with Crippen LogP contribution in [-0.2, 0) is 6.42 Å². The van der Waals surface area contributed by atoms with Crippen molar-refractivity contribution in [1.29, 1.82) is 0 Å².